The van der Waals surface area contributed by atoms with Gasteiger partial charge in [-0.2, -0.15) is 4.72 Å². The van der Waals surface area contributed by atoms with Crippen molar-refractivity contribution in [2.45, 2.75) is 24.3 Å². The van der Waals surface area contributed by atoms with Gasteiger partial charge in [0, 0.05) is 20.3 Å². The van der Waals surface area contributed by atoms with Crippen LogP contribution in [0, 0.1) is 0 Å². The lowest BCUT2D eigenvalue weighted by atomic mass is 10.3. The first-order valence-corrected chi connectivity index (χ1v) is 7.79. The number of rotatable bonds is 8. The zero-order valence-corrected chi connectivity index (χ0v) is 12.4. The second kappa shape index (κ2) is 7.98. The highest BCUT2D eigenvalue weighted by Gasteiger charge is 2.21. The summed E-state index contributed by atoms with van der Waals surface area (Å²) in [6.07, 6.45) is 0.681. The summed E-state index contributed by atoms with van der Waals surface area (Å²) in [4.78, 5) is 11.9. The van der Waals surface area contributed by atoms with E-state index in [0.717, 1.165) is 0 Å². The number of ether oxygens (including phenoxy) is 1. The summed E-state index contributed by atoms with van der Waals surface area (Å²) in [6.45, 7) is 2.50. The molecule has 7 heteroatoms. The van der Waals surface area contributed by atoms with Crippen LogP contribution in [0.1, 0.15) is 13.3 Å². The van der Waals surface area contributed by atoms with E-state index in [9.17, 15) is 13.2 Å². The Morgan fingerprint density at radius 3 is 2.55 bits per heavy atom. The zero-order chi connectivity index (χ0) is 15.0. The molecular formula is C13H20N2O4S. The van der Waals surface area contributed by atoms with Gasteiger partial charge in [-0.25, -0.2) is 8.42 Å². The van der Waals surface area contributed by atoms with Crippen LogP contribution in [0.15, 0.2) is 35.2 Å². The predicted octanol–water partition coefficient (Wildman–Crippen LogP) is 0.506. The van der Waals surface area contributed by atoms with Gasteiger partial charge in [0.05, 0.1) is 10.9 Å². The Balaban J connectivity index is 2.53. The molecule has 1 rings (SSSR count). The van der Waals surface area contributed by atoms with Gasteiger partial charge in [-0.15, -0.1) is 0 Å². The number of sulfonamides is 1. The summed E-state index contributed by atoms with van der Waals surface area (Å²) >= 11 is 0. The van der Waals surface area contributed by atoms with Crippen molar-refractivity contribution in [1.29, 1.82) is 0 Å². The number of hydrogen-bond donors (Lipinski definition) is 2. The van der Waals surface area contributed by atoms with Gasteiger partial charge in [0.25, 0.3) is 0 Å². The van der Waals surface area contributed by atoms with E-state index in [-0.39, 0.29) is 10.8 Å². The highest BCUT2D eigenvalue weighted by atomic mass is 32.2. The molecular weight excluding hydrogens is 280 g/mol. The van der Waals surface area contributed by atoms with Gasteiger partial charge in [-0.05, 0) is 25.5 Å². The molecule has 2 N–H and O–H groups in total. The van der Waals surface area contributed by atoms with Crippen LogP contribution in [0.5, 0.6) is 0 Å². The average molecular weight is 300 g/mol. The minimum atomic E-state index is -3.68. The van der Waals surface area contributed by atoms with Crippen LogP contribution in [0.25, 0.3) is 0 Å². The molecule has 0 aliphatic heterocycles. The van der Waals surface area contributed by atoms with Crippen molar-refractivity contribution in [2.24, 2.45) is 0 Å². The summed E-state index contributed by atoms with van der Waals surface area (Å²) < 4.78 is 31.2. The predicted molar refractivity (Wildman–Crippen MR) is 75.7 cm³/mol. The van der Waals surface area contributed by atoms with E-state index in [2.05, 4.69) is 10.0 Å². The Hall–Kier alpha value is -1.44. The zero-order valence-electron chi connectivity index (χ0n) is 11.6. The standard InChI is InChI=1S/C13H20N2O4S/c1-11(13(16)14-9-6-10-19-2)15-20(17,18)12-7-4-3-5-8-12/h3-5,7-8,11,15H,6,9-10H2,1-2H3,(H,14,16)/t11-/m0/s1. The molecule has 1 aromatic carbocycles. The molecule has 0 aliphatic carbocycles. The lowest BCUT2D eigenvalue weighted by Gasteiger charge is -2.14. The summed E-state index contributed by atoms with van der Waals surface area (Å²) in [5.74, 6) is -0.361. The minimum Gasteiger partial charge on any atom is -0.385 e. The van der Waals surface area contributed by atoms with E-state index in [0.29, 0.717) is 19.6 Å². The van der Waals surface area contributed by atoms with Gasteiger partial charge < -0.3 is 10.1 Å². The number of nitrogens with one attached hydrogen (secondary N) is 2. The quantitative estimate of drug-likeness (QED) is 0.685. The highest BCUT2D eigenvalue weighted by molar-refractivity contribution is 7.89. The normalized spacial score (nSPS) is 12.9. The SMILES string of the molecule is COCCCNC(=O)[C@H](C)NS(=O)(=O)c1ccccc1. The molecule has 0 fully saturated rings. The lowest BCUT2D eigenvalue weighted by molar-refractivity contribution is -0.122. The number of carbonyl (C=O) groups is 1. The van der Waals surface area contributed by atoms with Gasteiger partial charge in [0.2, 0.25) is 15.9 Å². The smallest absolute Gasteiger partial charge is 0.241 e. The Labute approximate surface area is 119 Å². The molecule has 0 saturated carbocycles. The Kier molecular flexibility index (Phi) is 6.63. The fourth-order valence-electron chi connectivity index (χ4n) is 1.54. The van der Waals surface area contributed by atoms with Crippen molar-refractivity contribution < 1.29 is 17.9 Å². The van der Waals surface area contributed by atoms with E-state index in [1.165, 1.54) is 19.1 Å². The maximum Gasteiger partial charge on any atom is 0.241 e. The molecule has 0 unspecified atom stereocenters. The van der Waals surface area contributed by atoms with Crippen molar-refractivity contribution in [3.8, 4) is 0 Å². The van der Waals surface area contributed by atoms with Crippen LogP contribution >= 0.6 is 0 Å². The first kappa shape index (κ1) is 16.6. The molecule has 0 spiro atoms. The van der Waals surface area contributed by atoms with E-state index >= 15 is 0 Å². The third-order valence-corrected chi connectivity index (χ3v) is 4.16. The third-order valence-electron chi connectivity index (χ3n) is 2.60. The van der Waals surface area contributed by atoms with E-state index in [1.807, 2.05) is 0 Å². The van der Waals surface area contributed by atoms with Crippen molar-refractivity contribution in [3.05, 3.63) is 30.3 Å². The molecule has 0 radical (unpaired) electrons. The second-order valence-electron chi connectivity index (χ2n) is 4.29. The number of methoxy groups -OCH3 is 1. The molecule has 112 valence electrons. The fraction of sp³-hybridized carbons (Fsp3) is 0.462. The molecule has 20 heavy (non-hydrogen) atoms. The maximum atomic E-state index is 12.0. The van der Waals surface area contributed by atoms with Crippen LogP contribution in [0.3, 0.4) is 0 Å². The Morgan fingerprint density at radius 1 is 1.30 bits per heavy atom. The lowest BCUT2D eigenvalue weighted by Crippen LogP contribution is -2.45. The molecule has 0 bridgehead atoms. The number of amides is 1. The third kappa shape index (κ3) is 5.28. The van der Waals surface area contributed by atoms with Crippen LogP contribution < -0.4 is 10.0 Å². The summed E-state index contributed by atoms with van der Waals surface area (Å²) in [7, 11) is -2.09. The molecule has 0 aromatic heterocycles. The summed E-state index contributed by atoms with van der Waals surface area (Å²) in [5, 5.41) is 2.65. The molecule has 0 aliphatic rings. The molecule has 1 amide bonds. The molecule has 1 atom stereocenters. The van der Waals surface area contributed by atoms with Crippen molar-refractivity contribution >= 4 is 15.9 Å². The topological polar surface area (TPSA) is 84.5 Å². The first-order valence-electron chi connectivity index (χ1n) is 6.31. The van der Waals surface area contributed by atoms with Crippen LogP contribution in [0.2, 0.25) is 0 Å². The molecule has 0 heterocycles. The van der Waals surface area contributed by atoms with E-state index in [1.54, 1.807) is 25.3 Å². The van der Waals surface area contributed by atoms with Gasteiger partial charge in [-0.1, -0.05) is 18.2 Å². The minimum absolute atomic E-state index is 0.138. The fourth-order valence-corrected chi connectivity index (χ4v) is 2.76. The number of benzene rings is 1. The highest BCUT2D eigenvalue weighted by Crippen LogP contribution is 2.07. The van der Waals surface area contributed by atoms with Crippen molar-refractivity contribution in [2.75, 3.05) is 20.3 Å². The van der Waals surface area contributed by atoms with Gasteiger partial charge in [0.1, 0.15) is 0 Å². The van der Waals surface area contributed by atoms with Gasteiger partial charge >= 0.3 is 0 Å². The van der Waals surface area contributed by atoms with Crippen LogP contribution in [-0.4, -0.2) is 40.6 Å². The average Bonchev–Trinajstić information content (AvgIpc) is 2.44. The van der Waals surface area contributed by atoms with E-state index < -0.39 is 16.1 Å². The summed E-state index contributed by atoms with van der Waals surface area (Å²) in [5.41, 5.74) is 0. The number of carbonyl (C=O) groups excluding carboxylic acids is 1. The van der Waals surface area contributed by atoms with Crippen molar-refractivity contribution in [1.82, 2.24) is 10.0 Å². The van der Waals surface area contributed by atoms with E-state index in [4.69, 9.17) is 4.74 Å². The maximum absolute atomic E-state index is 12.0. The van der Waals surface area contributed by atoms with Gasteiger partial charge in [-0.3, -0.25) is 4.79 Å². The Morgan fingerprint density at radius 2 is 1.95 bits per heavy atom. The summed E-state index contributed by atoms with van der Waals surface area (Å²) in [6, 6.07) is 7.11. The molecule has 6 nitrogen and oxygen atoms in total. The first-order chi connectivity index (χ1) is 9.47. The van der Waals surface area contributed by atoms with Crippen LogP contribution in [-0.2, 0) is 19.6 Å². The molecule has 1 aromatic rings. The van der Waals surface area contributed by atoms with Crippen LogP contribution in [0.4, 0.5) is 0 Å². The second-order valence-corrected chi connectivity index (χ2v) is 6.01. The van der Waals surface area contributed by atoms with Gasteiger partial charge in [0.15, 0.2) is 0 Å². The number of hydrogen-bond acceptors (Lipinski definition) is 4. The monoisotopic (exact) mass is 300 g/mol. The van der Waals surface area contributed by atoms with Crippen molar-refractivity contribution in [3.63, 3.8) is 0 Å². The Bertz CT molecular complexity index is 516. The molecule has 0 saturated heterocycles. The largest absolute Gasteiger partial charge is 0.385 e.